The molecule has 0 saturated carbocycles. The maximum Gasteiger partial charge on any atom is 0.317 e. The van der Waals surface area contributed by atoms with Crippen molar-refractivity contribution in [3.8, 4) is 0 Å². The summed E-state index contributed by atoms with van der Waals surface area (Å²) < 4.78 is 0. The van der Waals surface area contributed by atoms with Gasteiger partial charge in [0.25, 0.3) is 0 Å². The van der Waals surface area contributed by atoms with E-state index in [4.69, 9.17) is 20.4 Å². The molecule has 0 aromatic carbocycles. The summed E-state index contributed by atoms with van der Waals surface area (Å²) in [5, 5.41) is 34.5. The Hall–Kier alpha value is -1.18. The molecular formula is C6H11NO6. The fourth-order valence-corrected chi connectivity index (χ4v) is 0.682. The molecule has 13 heavy (non-hydrogen) atoms. The molecule has 7 nitrogen and oxygen atoms in total. The number of aliphatic hydroxyl groups is 2. The fraction of sp³-hybridized carbons (Fsp3) is 0.667. The molecule has 0 heterocycles. The lowest BCUT2D eigenvalue weighted by atomic mass is 10.4. The van der Waals surface area contributed by atoms with E-state index in [0.29, 0.717) is 4.90 Å². The van der Waals surface area contributed by atoms with Crippen molar-refractivity contribution in [3.63, 3.8) is 0 Å². The average Bonchev–Trinajstić information content (AvgIpc) is 1.81. The number of rotatable bonds is 5. The van der Waals surface area contributed by atoms with Gasteiger partial charge in [0.05, 0.1) is 0 Å². The quantitative estimate of drug-likeness (QED) is 0.377. The predicted octanol–water partition coefficient (Wildman–Crippen LogP) is -1.88. The van der Waals surface area contributed by atoms with E-state index in [1.54, 1.807) is 0 Å². The SMILES string of the molecule is CC(O)(O)N(CC(=O)O)CC(=O)O. The number of hydrogen-bond donors (Lipinski definition) is 4. The molecular weight excluding hydrogens is 182 g/mol. The first-order chi connectivity index (χ1) is 5.73. The predicted molar refractivity (Wildman–Crippen MR) is 39.7 cm³/mol. The van der Waals surface area contributed by atoms with E-state index in [2.05, 4.69) is 0 Å². The van der Waals surface area contributed by atoms with Crippen LogP contribution < -0.4 is 0 Å². The van der Waals surface area contributed by atoms with Gasteiger partial charge in [0, 0.05) is 6.92 Å². The minimum absolute atomic E-state index is 0.498. The monoisotopic (exact) mass is 193 g/mol. The second-order valence-electron chi connectivity index (χ2n) is 2.61. The molecule has 0 bridgehead atoms. The molecule has 0 aromatic heterocycles. The molecule has 0 aliphatic heterocycles. The van der Waals surface area contributed by atoms with Crippen LogP contribution in [0.15, 0.2) is 0 Å². The van der Waals surface area contributed by atoms with E-state index in [9.17, 15) is 9.59 Å². The van der Waals surface area contributed by atoms with Crippen LogP contribution in [-0.2, 0) is 9.59 Å². The maximum atomic E-state index is 10.2. The lowest BCUT2D eigenvalue weighted by Gasteiger charge is -2.28. The van der Waals surface area contributed by atoms with Crippen molar-refractivity contribution in [3.05, 3.63) is 0 Å². The van der Waals surface area contributed by atoms with Gasteiger partial charge in [-0.05, 0) is 0 Å². The lowest BCUT2D eigenvalue weighted by molar-refractivity contribution is -0.251. The van der Waals surface area contributed by atoms with Crippen molar-refractivity contribution in [1.82, 2.24) is 4.90 Å². The van der Waals surface area contributed by atoms with Crippen molar-refractivity contribution in [2.45, 2.75) is 12.8 Å². The summed E-state index contributed by atoms with van der Waals surface area (Å²) in [7, 11) is 0. The number of carboxylic acid groups (broad SMARTS) is 2. The summed E-state index contributed by atoms with van der Waals surface area (Å²) in [5.74, 6) is -5.12. The topological polar surface area (TPSA) is 118 Å². The van der Waals surface area contributed by atoms with E-state index >= 15 is 0 Å². The molecule has 0 rings (SSSR count). The first-order valence-corrected chi connectivity index (χ1v) is 3.37. The van der Waals surface area contributed by atoms with Crippen LogP contribution >= 0.6 is 0 Å². The van der Waals surface area contributed by atoms with Crippen LogP contribution in [0.5, 0.6) is 0 Å². The first kappa shape index (κ1) is 11.8. The minimum atomic E-state index is -2.45. The molecule has 7 heteroatoms. The zero-order chi connectivity index (χ0) is 10.6. The van der Waals surface area contributed by atoms with Gasteiger partial charge in [-0.25, -0.2) is 4.90 Å². The van der Waals surface area contributed by atoms with Gasteiger partial charge >= 0.3 is 11.9 Å². The van der Waals surface area contributed by atoms with Crippen LogP contribution in [0.3, 0.4) is 0 Å². The largest absolute Gasteiger partial charge is 0.480 e. The molecule has 0 aliphatic carbocycles. The normalized spacial score (nSPS) is 11.7. The lowest BCUT2D eigenvalue weighted by Crippen LogP contribution is -2.50. The van der Waals surface area contributed by atoms with Gasteiger partial charge in [0.15, 0.2) is 0 Å². The fourth-order valence-electron chi connectivity index (χ4n) is 0.682. The highest BCUT2D eigenvalue weighted by molar-refractivity contribution is 5.72. The third-order valence-corrected chi connectivity index (χ3v) is 1.25. The van der Waals surface area contributed by atoms with E-state index in [1.807, 2.05) is 0 Å². The Labute approximate surface area is 73.8 Å². The van der Waals surface area contributed by atoms with Crippen LogP contribution in [0.1, 0.15) is 6.92 Å². The molecule has 0 fully saturated rings. The van der Waals surface area contributed by atoms with Gasteiger partial charge in [0.1, 0.15) is 13.1 Å². The van der Waals surface area contributed by atoms with Gasteiger partial charge in [-0.3, -0.25) is 9.59 Å². The molecule has 0 saturated heterocycles. The van der Waals surface area contributed by atoms with E-state index in [1.165, 1.54) is 0 Å². The molecule has 0 atom stereocenters. The Bertz CT molecular complexity index is 192. The molecule has 0 unspecified atom stereocenters. The number of nitrogens with zero attached hydrogens (tertiary/aromatic N) is 1. The molecule has 76 valence electrons. The van der Waals surface area contributed by atoms with Gasteiger partial charge in [-0.15, -0.1) is 0 Å². The summed E-state index contributed by atoms with van der Waals surface area (Å²) in [5.41, 5.74) is 0. The third kappa shape index (κ3) is 5.12. The van der Waals surface area contributed by atoms with Crippen molar-refractivity contribution in [2.75, 3.05) is 13.1 Å². The summed E-state index contributed by atoms with van der Waals surface area (Å²) in [6.07, 6.45) is 0. The smallest absolute Gasteiger partial charge is 0.317 e. The number of carbonyl (C=O) groups is 2. The van der Waals surface area contributed by atoms with E-state index in [0.717, 1.165) is 6.92 Å². The number of hydrogen-bond acceptors (Lipinski definition) is 5. The van der Waals surface area contributed by atoms with Crippen LogP contribution in [0.25, 0.3) is 0 Å². The second-order valence-corrected chi connectivity index (χ2v) is 2.61. The van der Waals surface area contributed by atoms with Crippen molar-refractivity contribution in [1.29, 1.82) is 0 Å². The van der Waals surface area contributed by atoms with Gasteiger partial charge in [0.2, 0.25) is 5.91 Å². The van der Waals surface area contributed by atoms with E-state index in [-0.39, 0.29) is 0 Å². The molecule has 0 spiro atoms. The average molecular weight is 193 g/mol. The third-order valence-electron chi connectivity index (χ3n) is 1.25. The van der Waals surface area contributed by atoms with Gasteiger partial charge in [-0.1, -0.05) is 0 Å². The van der Waals surface area contributed by atoms with Crippen LogP contribution in [-0.4, -0.2) is 56.3 Å². The summed E-state index contributed by atoms with van der Waals surface area (Å²) >= 11 is 0. The highest BCUT2D eigenvalue weighted by Crippen LogP contribution is 2.05. The highest BCUT2D eigenvalue weighted by atomic mass is 16.5. The Balaban J connectivity index is 4.37. The zero-order valence-electron chi connectivity index (χ0n) is 6.97. The Kier molecular flexibility index (Phi) is 3.79. The molecule has 0 aromatic rings. The van der Waals surface area contributed by atoms with Crippen LogP contribution in [0.2, 0.25) is 0 Å². The van der Waals surface area contributed by atoms with Gasteiger partial charge < -0.3 is 20.4 Å². The molecule has 4 N–H and O–H groups in total. The molecule has 0 aliphatic rings. The Morgan fingerprint density at radius 1 is 1.15 bits per heavy atom. The standard InChI is InChI=1S/C6H11NO6/c1-6(12,13)7(2-4(8)9)3-5(10)11/h12-13H,2-3H2,1H3,(H,8,9)(H,10,11). The maximum absolute atomic E-state index is 10.2. The molecule has 0 radical (unpaired) electrons. The van der Waals surface area contributed by atoms with Crippen molar-refractivity contribution in [2.24, 2.45) is 0 Å². The summed E-state index contributed by atoms with van der Waals surface area (Å²) in [4.78, 5) is 20.9. The van der Waals surface area contributed by atoms with Crippen molar-refractivity contribution < 1.29 is 30.0 Å². The van der Waals surface area contributed by atoms with E-state index < -0.39 is 30.9 Å². The summed E-state index contributed by atoms with van der Waals surface area (Å²) in [6.45, 7) is -0.621. The van der Waals surface area contributed by atoms with Crippen LogP contribution in [0.4, 0.5) is 0 Å². The number of carboxylic acids is 2. The van der Waals surface area contributed by atoms with Crippen molar-refractivity contribution >= 4 is 11.9 Å². The number of aliphatic carboxylic acids is 2. The first-order valence-electron chi connectivity index (χ1n) is 3.37. The van der Waals surface area contributed by atoms with Crippen LogP contribution in [0, 0.1) is 0 Å². The zero-order valence-corrected chi connectivity index (χ0v) is 6.97. The molecule has 0 amide bonds. The van der Waals surface area contributed by atoms with Gasteiger partial charge in [-0.2, -0.15) is 0 Å². The minimum Gasteiger partial charge on any atom is -0.480 e. The summed E-state index contributed by atoms with van der Waals surface area (Å²) in [6, 6.07) is 0. The second kappa shape index (κ2) is 4.17. The Morgan fingerprint density at radius 2 is 1.46 bits per heavy atom. The highest BCUT2D eigenvalue weighted by Gasteiger charge is 2.29. The Morgan fingerprint density at radius 3 is 1.62 bits per heavy atom.